The number of nitrogens with zero attached hydrogens (tertiary/aromatic N) is 2. The predicted octanol–water partition coefficient (Wildman–Crippen LogP) is 1.20. The average Bonchev–Trinajstić information content (AvgIpc) is 2.42. The highest BCUT2D eigenvalue weighted by atomic mass is 16.3. The molecule has 92 valence electrons. The van der Waals surface area contributed by atoms with Gasteiger partial charge in [0.1, 0.15) is 11.4 Å². The van der Waals surface area contributed by atoms with E-state index in [1.54, 1.807) is 18.3 Å². The molecule has 0 aliphatic carbocycles. The molecule has 0 amide bonds. The summed E-state index contributed by atoms with van der Waals surface area (Å²) in [5.41, 5.74) is 3.91. The third kappa shape index (κ3) is 2.83. The molecule has 0 atom stereocenters. The normalized spacial score (nSPS) is 11.3. The molecule has 1 aromatic carbocycles. The van der Waals surface area contributed by atoms with E-state index in [0.29, 0.717) is 18.1 Å². The van der Waals surface area contributed by atoms with Crippen LogP contribution in [0.15, 0.2) is 53.7 Å². The number of phenolic OH excluding ortho intramolecular Hbond substituents is 1. The van der Waals surface area contributed by atoms with E-state index in [9.17, 15) is 5.11 Å². The van der Waals surface area contributed by atoms with E-state index in [4.69, 9.17) is 5.84 Å². The van der Waals surface area contributed by atoms with Gasteiger partial charge >= 0.3 is 0 Å². The quantitative estimate of drug-likeness (QED) is 0.327. The molecule has 0 saturated carbocycles. The third-order valence-corrected chi connectivity index (χ3v) is 2.44. The van der Waals surface area contributed by atoms with Crippen molar-refractivity contribution in [2.24, 2.45) is 10.8 Å². The number of aromatic hydroxyl groups is 1. The van der Waals surface area contributed by atoms with E-state index in [1.165, 1.54) is 0 Å². The summed E-state index contributed by atoms with van der Waals surface area (Å²) in [5.74, 6) is 6.13. The predicted molar refractivity (Wildman–Crippen MR) is 69.9 cm³/mol. The van der Waals surface area contributed by atoms with Crippen LogP contribution in [0.1, 0.15) is 11.3 Å². The standard InChI is InChI=1S/C13H14N4O/c14-17-13(11-6-3-4-8-15-11)16-9-10-5-1-2-7-12(10)18/h1-8,18H,9,14H2,(H,16,17). The van der Waals surface area contributed by atoms with E-state index < -0.39 is 0 Å². The first-order chi connectivity index (χ1) is 8.81. The van der Waals surface area contributed by atoms with Gasteiger partial charge in [0, 0.05) is 11.8 Å². The lowest BCUT2D eigenvalue weighted by atomic mass is 10.2. The van der Waals surface area contributed by atoms with Crippen LogP contribution >= 0.6 is 0 Å². The van der Waals surface area contributed by atoms with Crippen LogP contribution in [-0.2, 0) is 6.54 Å². The Labute approximate surface area is 105 Å². The number of benzene rings is 1. The lowest BCUT2D eigenvalue weighted by Gasteiger charge is -2.05. The summed E-state index contributed by atoms with van der Waals surface area (Å²) in [6.45, 7) is 0.336. The maximum Gasteiger partial charge on any atom is 0.161 e. The van der Waals surface area contributed by atoms with Crippen molar-refractivity contribution in [2.75, 3.05) is 0 Å². The second-order valence-electron chi connectivity index (χ2n) is 3.65. The van der Waals surface area contributed by atoms with Gasteiger partial charge in [-0.2, -0.15) is 0 Å². The number of hydrazine groups is 1. The molecule has 2 aromatic rings. The number of nitrogens with one attached hydrogen (secondary N) is 1. The summed E-state index contributed by atoms with van der Waals surface area (Å²) in [5, 5.41) is 9.63. The lowest BCUT2D eigenvalue weighted by Crippen LogP contribution is -2.31. The Hall–Kier alpha value is -2.40. The van der Waals surface area contributed by atoms with Crippen molar-refractivity contribution in [3.63, 3.8) is 0 Å². The van der Waals surface area contributed by atoms with Gasteiger partial charge in [0.2, 0.25) is 0 Å². The van der Waals surface area contributed by atoms with Gasteiger partial charge in [-0.25, -0.2) is 5.84 Å². The van der Waals surface area contributed by atoms with E-state index in [-0.39, 0.29) is 5.75 Å². The van der Waals surface area contributed by atoms with Crippen molar-refractivity contribution >= 4 is 5.84 Å². The summed E-state index contributed by atoms with van der Waals surface area (Å²) in [6, 6.07) is 12.5. The minimum Gasteiger partial charge on any atom is -0.508 e. The SMILES string of the molecule is NNC(=NCc1ccccc1O)c1ccccn1. The average molecular weight is 242 g/mol. The molecule has 2 rings (SSSR count). The summed E-state index contributed by atoms with van der Waals surface area (Å²) in [6.07, 6.45) is 1.67. The van der Waals surface area contributed by atoms with Crippen molar-refractivity contribution in [1.29, 1.82) is 0 Å². The highest BCUT2D eigenvalue weighted by Crippen LogP contribution is 2.16. The Balaban J connectivity index is 2.19. The molecule has 0 bridgehead atoms. The number of nitrogens with two attached hydrogens (primary N) is 1. The summed E-state index contributed by atoms with van der Waals surface area (Å²) in [4.78, 5) is 8.45. The zero-order valence-electron chi connectivity index (χ0n) is 9.74. The smallest absolute Gasteiger partial charge is 0.161 e. The zero-order valence-corrected chi connectivity index (χ0v) is 9.74. The summed E-state index contributed by atoms with van der Waals surface area (Å²) >= 11 is 0. The minimum atomic E-state index is 0.221. The van der Waals surface area contributed by atoms with E-state index in [1.807, 2.05) is 30.3 Å². The van der Waals surface area contributed by atoms with Crippen molar-refractivity contribution in [3.8, 4) is 5.75 Å². The Morgan fingerprint density at radius 3 is 2.67 bits per heavy atom. The molecule has 0 saturated heterocycles. The number of aliphatic imine (C=N–C) groups is 1. The molecule has 1 aromatic heterocycles. The third-order valence-electron chi connectivity index (χ3n) is 2.44. The fourth-order valence-electron chi connectivity index (χ4n) is 1.51. The highest BCUT2D eigenvalue weighted by molar-refractivity contribution is 5.96. The monoisotopic (exact) mass is 242 g/mol. The molecule has 0 radical (unpaired) electrons. The number of aromatic nitrogens is 1. The van der Waals surface area contributed by atoms with Gasteiger partial charge in [0.25, 0.3) is 0 Å². The molecule has 5 nitrogen and oxygen atoms in total. The van der Waals surface area contributed by atoms with Crippen LogP contribution in [-0.4, -0.2) is 15.9 Å². The fourth-order valence-corrected chi connectivity index (χ4v) is 1.51. The maximum atomic E-state index is 9.63. The molecule has 0 fully saturated rings. The van der Waals surface area contributed by atoms with Crippen LogP contribution in [0.4, 0.5) is 0 Å². The van der Waals surface area contributed by atoms with Crippen LogP contribution in [0.3, 0.4) is 0 Å². The molecule has 1 heterocycles. The minimum absolute atomic E-state index is 0.221. The van der Waals surface area contributed by atoms with Gasteiger partial charge in [-0.05, 0) is 18.2 Å². The zero-order chi connectivity index (χ0) is 12.8. The van der Waals surface area contributed by atoms with Crippen molar-refractivity contribution in [3.05, 3.63) is 59.9 Å². The van der Waals surface area contributed by atoms with Gasteiger partial charge in [-0.3, -0.25) is 9.98 Å². The summed E-state index contributed by atoms with van der Waals surface area (Å²) in [7, 11) is 0. The lowest BCUT2D eigenvalue weighted by molar-refractivity contribution is 0.468. The van der Waals surface area contributed by atoms with Gasteiger partial charge in [-0.1, -0.05) is 24.3 Å². The molecule has 5 heteroatoms. The molecule has 18 heavy (non-hydrogen) atoms. The van der Waals surface area contributed by atoms with Crippen molar-refractivity contribution in [1.82, 2.24) is 10.4 Å². The number of para-hydroxylation sites is 1. The number of pyridine rings is 1. The molecule has 0 aliphatic rings. The van der Waals surface area contributed by atoms with Crippen molar-refractivity contribution in [2.45, 2.75) is 6.54 Å². The van der Waals surface area contributed by atoms with Crippen LogP contribution < -0.4 is 11.3 Å². The van der Waals surface area contributed by atoms with Crippen molar-refractivity contribution < 1.29 is 5.11 Å². The van der Waals surface area contributed by atoms with Crippen LogP contribution in [0, 0.1) is 0 Å². The van der Waals surface area contributed by atoms with Gasteiger partial charge in [-0.15, -0.1) is 0 Å². The Kier molecular flexibility index (Phi) is 3.88. The molecule has 0 unspecified atom stereocenters. The maximum absolute atomic E-state index is 9.63. The van der Waals surface area contributed by atoms with E-state index >= 15 is 0 Å². The topological polar surface area (TPSA) is 83.5 Å². The number of rotatable bonds is 3. The second-order valence-corrected chi connectivity index (χ2v) is 3.65. The number of hydrogen-bond donors (Lipinski definition) is 3. The van der Waals surface area contributed by atoms with Crippen LogP contribution in [0.5, 0.6) is 5.75 Å². The van der Waals surface area contributed by atoms with Crippen LogP contribution in [0.25, 0.3) is 0 Å². The number of phenols is 1. The highest BCUT2D eigenvalue weighted by Gasteiger charge is 2.03. The Morgan fingerprint density at radius 2 is 2.00 bits per heavy atom. The first-order valence-electron chi connectivity index (χ1n) is 5.50. The molecule has 4 N–H and O–H groups in total. The fraction of sp³-hybridized carbons (Fsp3) is 0.0769. The number of amidine groups is 1. The van der Waals surface area contributed by atoms with Gasteiger partial charge in [0.05, 0.1) is 6.54 Å². The first kappa shape index (κ1) is 12.1. The molecular weight excluding hydrogens is 228 g/mol. The van der Waals surface area contributed by atoms with Gasteiger partial charge in [0.15, 0.2) is 5.84 Å². The largest absolute Gasteiger partial charge is 0.508 e. The van der Waals surface area contributed by atoms with E-state index in [0.717, 1.165) is 5.56 Å². The summed E-state index contributed by atoms with van der Waals surface area (Å²) < 4.78 is 0. The Bertz CT molecular complexity index is 540. The second kappa shape index (κ2) is 5.79. The molecular formula is C13H14N4O. The van der Waals surface area contributed by atoms with Crippen LogP contribution in [0.2, 0.25) is 0 Å². The van der Waals surface area contributed by atoms with Gasteiger partial charge < -0.3 is 10.5 Å². The first-order valence-corrected chi connectivity index (χ1v) is 5.50. The Morgan fingerprint density at radius 1 is 1.22 bits per heavy atom. The number of hydrogen-bond acceptors (Lipinski definition) is 4. The molecule has 0 spiro atoms. The molecule has 0 aliphatic heterocycles. The van der Waals surface area contributed by atoms with E-state index in [2.05, 4.69) is 15.4 Å².